The van der Waals surface area contributed by atoms with E-state index in [0.29, 0.717) is 17.9 Å². The second-order valence-corrected chi connectivity index (χ2v) is 6.36. The molecule has 2 unspecified atom stereocenters. The minimum atomic E-state index is 0.499. The summed E-state index contributed by atoms with van der Waals surface area (Å²) >= 11 is 0. The van der Waals surface area contributed by atoms with Crippen LogP contribution in [0.25, 0.3) is 10.9 Å². The third kappa shape index (κ3) is 4.28. The standard InChI is InChI=1S/C19H28N2/c1-5-12-20-19(15(4)14(2)3)13-17-11-10-16-8-6-7-9-18(16)21-17/h6-11,14-15,19-20H,5,12-13H2,1-4H3. The van der Waals surface area contributed by atoms with Gasteiger partial charge in [-0.25, -0.2) is 0 Å². The van der Waals surface area contributed by atoms with E-state index in [0.717, 1.165) is 18.5 Å². The number of nitrogens with one attached hydrogen (secondary N) is 1. The fraction of sp³-hybridized carbons (Fsp3) is 0.526. The number of benzene rings is 1. The predicted octanol–water partition coefficient (Wildman–Crippen LogP) is 4.44. The molecule has 0 aliphatic rings. The summed E-state index contributed by atoms with van der Waals surface area (Å²) in [6, 6.07) is 13.2. The monoisotopic (exact) mass is 284 g/mol. The summed E-state index contributed by atoms with van der Waals surface area (Å²) in [5.74, 6) is 1.32. The molecule has 1 N–H and O–H groups in total. The van der Waals surface area contributed by atoms with E-state index in [2.05, 4.69) is 69.4 Å². The summed E-state index contributed by atoms with van der Waals surface area (Å²) in [7, 11) is 0. The molecule has 0 radical (unpaired) electrons. The largest absolute Gasteiger partial charge is 0.313 e. The van der Waals surface area contributed by atoms with E-state index >= 15 is 0 Å². The SMILES string of the molecule is CCCNC(Cc1ccc2ccccc2n1)C(C)C(C)C. The van der Waals surface area contributed by atoms with Crippen molar-refractivity contribution in [1.29, 1.82) is 0 Å². The average Bonchev–Trinajstić information content (AvgIpc) is 2.50. The maximum absolute atomic E-state index is 4.82. The molecule has 1 aromatic heterocycles. The Bertz CT molecular complexity index is 562. The van der Waals surface area contributed by atoms with E-state index in [9.17, 15) is 0 Å². The molecule has 0 spiro atoms. The number of rotatable bonds is 7. The van der Waals surface area contributed by atoms with Gasteiger partial charge in [-0.2, -0.15) is 0 Å². The van der Waals surface area contributed by atoms with Crippen molar-refractivity contribution < 1.29 is 0 Å². The van der Waals surface area contributed by atoms with Crippen molar-refractivity contribution in [2.75, 3.05) is 6.54 Å². The topological polar surface area (TPSA) is 24.9 Å². The molecule has 21 heavy (non-hydrogen) atoms. The Balaban J connectivity index is 2.16. The van der Waals surface area contributed by atoms with Crippen LogP contribution < -0.4 is 5.32 Å². The molecule has 0 aliphatic carbocycles. The molecule has 114 valence electrons. The highest BCUT2D eigenvalue weighted by Gasteiger charge is 2.20. The summed E-state index contributed by atoms with van der Waals surface area (Å²) in [6.45, 7) is 10.3. The van der Waals surface area contributed by atoms with Gasteiger partial charge in [-0.3, -0.25) is 4.98 Å². The molecular formula is C19H28N2. The van der Waals surface area contributed by atoms with Gasteiger partial charge < -0.3 is 5.32 Å². The van der Waals surface area contributed by atoms with Crippen molar-refractivity contribution in [3.05, 3.63) is 42.1 Å². The van der Waals surface area contributed by atoms with Crippen LogP contribution in [-0.2, 0) is 6.42 Å². The smallest absolute Gasteiger partial charge is 0.0705 e. The molecule has 2 atom stereocenters. The number of hydrogen-bond donors (Lipinski definition) is 1. The Morgan fingerprint density at radius 2 is 1.81 bits per heavy atom. The zero-order valence-corrected chi connectivity index (χ0v) is 13.8. The van der Waals surface area contributed by atoms with Crippen LogP contribution in [0.5, 0.6) is 0 Å². The number of pyridine rings is 1. The lowest BCUT2D eigenvalue weighted by atomic mass is 9.87. The Labute approximate surface area is 129 Å². The van der Waals surface area contributed by atoms with Gasteiger partial charge in [0.25, 0.3) is 0 Å². The summed E-state index contributed by atoms with van der Waals surface area (Å²) < 4.78 is 0. The van der Waals surface area contributed by atoms with E-state index in [4.69, 9.17) is 4.98 Å². The van der Waals surface area contributed by atoms with Gasteiger partial charge in [0.1, 0.15) is 0 Å². The van der Waals surface area contributed by atoms with E-state index in [-0.39, 0.29) is 0 Å². The normalized spacial score (nSPS) is 14.5. The van der Waals surface area contributed by atoms with E-state index in [1.54, 1.807) is 0 Å². The van der Waals surface area contributed by atoms with Gasteiger partial charge in [-0.1, -0.05) is 52.0 Å². The molecule has 2 nitrogen and oxygen atoms in total. The first-order valence-electron chi connectivity index (χ1n) is 8.20. The fourth-order valence-electron chi connectivity index (χ4n) is 2.69. The van der Waals surface area contributed by atoms with Gasteiger partial charge >= 0.3 is 0 Å². The minimum Gasteiger partial charge on any atom is -0.313 e. The highest BCUT2D eigenvalue weighted by molar-refractivity contribution is 5.78. The van der Waals surface area contributed by atoms with E-state index in [1.165, 1.54) is 17.5 Å². The van der Waals surface area contributed by atoms with Crippen molar-refractivity contribution in [2.24, 2.45) is 11.8 Å². The Morgan fingerprint density at radius 1 is 1.05 bits per heavy atom. The van der Waals surface area contributed by atoms with Gasteiger partial charge in [0.15, 0.2) is 0 Å². The summed E-state index contributed by atoms with van der Waals surface area (Å²) in [6.07, 6.45) is 2.18. The quantitative estimate of drug-likeness (QED) is 0.813. The van der Waals surface area contributed by atoms with Gasteiger partial charge in [0.2, 0.25) is 0 Å². The molecule has 2 aromatic rings. The number of aromatic nitrogens is 1. The molecule has 0 fully saturated rings. The second kappa shape index (κ2) is 7.56. The second-order valence-electron chi connectivity index (χ2n) is 6.36. The van der Waals surface area contributed by atoms with Crippen LogP contribution in [0.1, 0.15) is 39.8 Å². The van der Waals surface area contributed by atoms with Gasteiger partial charge in [-0.05, 0) is 36.9 Å². The van der Waals surface area contributed by atoms with Crippen LogP contribution in [-0.4, -0.2) is 17.6 Å². The molecule has 0 aliphatic heterocycles. The maximum atomic E-state index is 4.82. The van der Waals surface area contributed by atoms with Crippen molar-refractivity contribution >= 4 is 10.9 Å². The van der Waals surface area contributed by atoms with Crippen molar-refractivity contribution in [2.45, 2.75) is 46.6 Å². The first-order chi connectivity index (χ1) is 10.1. The Hall–Kier alpha value is -1.41. The first-order valence-corrected chi connectivity index (χ1v) is 8.20. The third-order valence-corrected chi connectivity index (χ3v) is 4.43. The fourth-order valence-corrected chi connectivity index (χ4v) is 2.69. The van der Waals surface area contributed by atoms with E-state index in [1.807, 2.05) is 0 Å². The number of hydrogen-bond acceptors (Lipinski definition) is 2. The van der Waals surface area contributed by atoms with Gasteiger partial charge in [0, 0.05) is 23.5 Å². The lowest BCUT2D eigenvalue weighted by Crippen LogP contribution is -2.39. The van der Waals surface area contributed by atoms with Crippen LogP contribution in [0, 0.1) is 11.8 Å². The highest BCUT2D eigenvalue weighted by Crippen LogP contribution is 2.19. The summed E-state index contributed by atoms with van der Waals surface area (Å²) in [5, 5.41) is 4.93. The van der Waals surface area contributed by atoms with Crippen LogP contribution in [0.2, 0.25) is 0 Å². The zero-order valence-electron chi connectivity index (χ0n) is 13.8. The molecule has 0 saturated carbocycles. The van der Waals surface area contributed by atoms with E-state index < -0.39 is 0 Å². The van der Waals surface area contributed by atoms with Gasteiger partial charge in [0.05, 0.1) is 5.52 Å². The molecule has 0 bridgehead atoms. The first kappa shape index (κ1) is 16.0. The number of para-hydroxylation sites is 1. The highest BCUT2D eigenvalue weighted by atomic mass is 14.9. The molecule has 1 aromatic carbocycles. The lowest BCUT2D eigenvalue weighted by molar-refractivity contribution is 0.295. The average molecular weight is 284 g/mol. The molecule has 0 saturated heterocycles. The van der Waals surface area contributed by atoms with Crippen LogP contribution in [0.15, 0.2) is 36.4 Å². The third-order valence-electron chi connectivity index (χ3n) is 4.43. The molecule has 2 heteroatoms. The molecular weight excluding hydrogens is 256 g/mol. The van der Waals surface area contributed by atoms with Gasteiger partial charge in [-0.15, -0.1) is 0 Å². The Morgan fingerprint density at radius 3 is 2.52 bits per heavy atom. The summed E-state index contributed by atoms with van der Waals surface area (Å²) in [4.78, 5) is 4.82. The summed E-state index contributed by atoms with van der Waals surface area (Å²) in [5.41, 5.74) is 2.29. The minimum absolute atomic E-state index is 0.499. The lowest BCUT2D eigenvalue weighted by Gasteiger charge is -2.28. The molecule has 1 heterocycles. The van der Waals surface area contributed by atoms with Crippen molar-refractivity contribution in [3.63, 3.8) is 0 Å². The van der Waals surface area contributed by atoms with Crippen LogP contribution in [0.3, 0.4) is 0 Å². The van der Waals surface area contributed by atoms with Crippen LogP contribution >= 0.6 is 0 Å². The number of nitrogens with zero attached hydrogens (tertiary/aromatic N) is 1. The van der Waals surface area contributed by atoms with Crippen molar-refractivity contribution in [1.82, 2.24) is 10.3 Å². The van der Waals surface area contributed by atoms with Crippen LogP contribution in [0.4, 0.5) is 0 Å². The molecule has 2 rings (SSSR count). The molecule has 0 amide bonds. The maximum Gasteiger partial charge on any atom is 0.0705 e. The van der Waals surface area contributed by atoms with Crippen molar-refractivity contribution in [3.8, 4) is 0 Å². The predicted molar refractivity (Wildman–Crippen MR) is 91.5 cm³/mol. The number of fused-ring (bicyclic) bond motifs is 1. The Kier molecular flexibility index (Phi) is 5.75. The zero-order chi connectivity index (χ0) is 15.2.